The third-order valence-corrected chi connectivity index (χ3v) is 1.81. The van der Waals surface area contributed by atoms with Gasteiger partial charge in [0.2, 0.25) is 0 Å². The quantitative estimate of drug-likeness (QED) is 0.722. The summed E-state index contributed by atoms with van der Waals surface area (Å²) in [6, 6.07) is 1.83. The number of aryl methyl sites for hydroxylation is 1. The van der Waals surface area contributed by atoms with Crippen LogP contribution >= 0.6 is 0 Å². The Labute approximate surface area is 80.8 Å². The third kappa shape index (κ3) is 1.49. The lowest BCUT2D eigenvalue weighted by molar-refractivity contribution is 0.776. The van der Waals surface area contributed by atoms with Crippen molar-refractivity contribution < 1.29 is 0 Å². The summed E-state index contributed by atoms with van der Waals surface area (Å²) in [5.41, 5.74) is 6.18. The molecule has 0 aromatic carbocycles. The number of anilines is 3. The smallest absolute Gasteiger partial charge is 0.158 e. The Balaban J connectivity index is 2.28. The summed E-state index contributed by atoms with van der Waals surface area (Å²) in [6.07, 6.45) is 4.68. The largest absolute Gasteiger partial charge is 0.394 e. The maximum absolute atomic E-state index is 5.67. The van der Waals surface area contributed by atoms with E-state index >= 15 is 0 Å². The van der Waals surface area contributed by atoms with E-state index in [0.29, 0.717) is 11.5 Å². The number of rotatable bonds is 2. The van der Waals surface area contributed by atoms with Crippen molar-refractivity contribution in [1.29, 1.82) is 0 Å². The first-order chi connectivity index (χ1) is 6.77. The van der Waals surface area contributed by atoms with Gasteiger partial charge >= 0.3 is 0 Å². The van der Waals surface area contributed by atoms with Crippen molar-refractivity contribution in [2.45, 2.75) is 0 Å². The van der Waals surface area contributed by atoms with Crippen molar-refractivity contribution >= 4 is 17.3 Å². The van der Waals surface area contributed by atoms with Crippen LogP contribution < -0.4 is 11.1 Å². The minimum Gasteiger partial charge on any atom is -0.394 e. The summed E-state index contributed by atoms with van der Waals surface area (Å²) in [5, 5.41) is 7.06. The van der Waals surface area contributed by atoms with E-state index in [1.807, 2.05) is 13.1 Å². The number of nitrogens with zero attached hydrogens (tertiary/aromatic N) is 4. The first-order valence-corrected chi connectivity index (χ1v) is 4.08. The van der Waals surface area contributed by atoms with E-state index in [1.54, 1.807) is 17.1 Å². The fraction of sp³-hybridized carbons (Fsp3) is 0.125. The zero-order valence-corrected chi connectivity index (χ0v) is 7.68. The Morgan fingerprint density at radius 1 is 1.50 bits per heavy atom. The van der Waals surface area contributed by atoms with Crippen molar-refractivity contribution in [3.63, 3.8) is 0 Å². The van der Waals surface area contributed by atoms with Crippen molar-refractivity contribution in [3.8, 4) is 0 Å². The molecular formula is C8H10N6. The molecule has 0 radical (unpaired) electrons. The number of hydrogen-bond donors (Lipinski definition) is 2. The first-order valence-electron chi connectivity index (χ1n) is 4.08. The van der Waals surface area contributed by atoms with Crippen LogP contribution in [0.3, 0.4) is 0 Å². The Morgan fingerprint density at radius 3 is 3.00 bits per heavy atom. The zero-order valence-electron chi connectivity index (χ0n) is 7.68. The highest BCUT2D eigenvalue weighted by Gasteiger charge is 2.02. The molecule has 0 bridgehead atoms. The molecule has 72 valence electrons. The predicted molar refractivity (Wildman–Crippen MR) is 52.9 cm³/mol. The molecule has 0 unspecified atom stereocenters. The van der Waals surface area contributed by atoms with E-state index in [4.69, 9.17) is 5.73 Å². The van der Waals surface area contributed by atoms with Crippen LogP contribution in [-0.4, -0.2) is 19.7 Å². The molecule has 0 aliphatic carbocycles. The van der Waals surface area contributed by atoms with Gasteiger partial charge in [-0.2, -0.15) is 5.10 Å². The van der Waals surface area contributed by atoms with E-state index in [9.17, 15) is 0 Å². The summed E-state index contributed by atoms with van der Waals surface area (Å²) < 4.78 is 1.70. The molecule has 14 heavy (non-hydrogen) atoms. The van der Waals surface area contributed by atoms with E-state index in [-0.39, 0.29) is 0 Å². The Bertz CT molecular complexity index is 435. The van der Waals surface area contributed by atoms with Crippen LogP contribution in [0.5, 0.6) is 0 Å². The summed E-state index contributed by atoms with van der Waals surface area (Å²) in [7, 11) is 1.83. The van der Waals surface area contributed by atoms with Gasteiger partial charge in [0.1, 0.15) is 12.1 Å². The van der Waals surface area contributed by atoms with Gasteiger partial charge in [0, 0.05) is 13.1 Å². The molecule has 0 aliphatic rings. The van der Waals surface area contributed by atoms with E-state index in [2.05, 4.69) is 20.4 Å². The average Bonchev–Trinajstić information content (AvgIpc) is 2.56. The van der Waals surface area contributed by atoms with Crippen molar-refractivity contribution in [2.24, 2.45) is 7.05 Å². The molecule has 2 heterocycles. The summed E-state index contributed by atoms with van der Waals surface area (Å²) >= 11 is 0. The Hall–Kier alpha value is -2.11. The van der Waals surface area contributed by atoms with Gasteiger partial charge in [-0.15, -0.1) is 0 Å². The molecule has 0 amide bonds. The molecule has 2 aromatic rings. The lowest BCUT2D eigenvalue weighted by Crippen LogP contribution is -2.03. The van der Waals surface area contributed by atoms with Crippen LogP contribution in [0.4, 0.5) is 17.3 Å². The number of nitrogen functional groups attached to an aromatic ring is 1. The Kier molecular flexibility index (Phi) is 2.02. The van der Waals surface area contributed by atoms with Gasteiger partial charge in [0.15, 0.2) is 5.82 Å². The highest BCUT2D eigenvalue weighted by Crippen LogP contribution is 2.17. The summed E-state index contributed by atoms with van der Waals surface area (Å²) in [4.78, 5) is 7.80. The van der Waals surface area contributed by atoms with Gasteiger partial charge < -0.3 is 11.1 Å². The minimum absolute atomic E-state index is 0.508. The van der Waals surface area contributed by atoms with E-state index in [1.165, 1.54) is 6.33 Å². The van der Waals surface area contributed by atoms with E-state index in [0.717, 1.165) is 5.82 Å². The highest BCUT2D eigenvalue weighted by atomic mass is 15.3. The summed E-state index contributed by atoms with van der Waals surface area (Å²) in [5.74, 6) is 1.42. The van der Waals surface area contributed by atoms with Gasteiger partial charge in [-0.25, -0.2) is 9.97 Å². The second-order valence-electron chi connectivity index (χ2n) is 2.79. The third-order valence-electron chi connectivity index (χ3n) is 1.81. The number of hydrogen-bond acceptors (Lipinski definition) is 5. The van der Waals surface area contributed by atoms with Gasteiger partial charge in [-0.1, -0.05) is 0 Å². The van der Waals surface area contributed by atoms with Crippen molar-refractivity contribution in [2.75, 3.05) is 11.1 Å². The minimum atomic E-state index is 0.508. The van der Waals surface area contributed by atoms with E-state index < -0.39 is 0 Å². The maximum Gasteiger partial charge on any atom is 0.158 e. The number of aromatic nitrogens is 4. The van der Waals surface area contributed by atoms with Crippen LogP contribution in [-0.2, 0) is 7.05 Å². The number of nitrogens with one attached hydrogen (secondary N) is 1. The predicted octanol–water partition coefficient (Wildman–Crippen LogP) is 0.536. The molecule has 6 nitrogen and oxygen atoms in total. The maximum atomic E-state index is 5.67. The molecule has 0 aliphatic heterocycles. The van der Waals surface area contributed by atoms with Gasteiger partial charge in [0.05, 0.1) is 18.1 Å². The van der Waals surface area contributed by atoms with Gasteiger partial charge in [-0.05, 0) is 0 Å². The fourth-order valence-corrected chi connectivity index (χ4v) is 1.06. The molecule has 6 heteroatoms. The molecule has 0 saturated heterocycles. The molecule has 2 rings (SSSR count). The van der Waals surface area contributed by atoms with Crippen LogP contribution in [0.25, 0.3) is 0 Å². The normalized spacial score (nSPS) is 10.1. The molecular weight excluding hydrogens is 180 g/mol. The SMILES string of the molecule is Cn1nccc1Nc1ncncc1N. The van der Waals surface area contributed by atoms with Crippen LogP contribution in [0.2, 0.25) is 0 Å². The van der Waals surface area contributed by atoms with Crippen molar-refractivity contribution in [3.05, 3.63) is 24.8 Å². The second-order valence-corrected chi connectivity index (χ2v) is 2.79. The molecule has 0 spiro atoms. The second kappa shape index (κ2) is 3.33. The van der Waals surface area contributed by atoms with Crippen LogP contribution in [0.1, 0.15) is 0 Å². The summed E-state index contributed by atoms with van der Waals surface area (Å²) in [6.45, 7) is 0. The first kappa shape index (κ1) is 8.49. The molecule has 0 fully saturated rings. The standard InChI is InChI=1S/C8H10N6/c1-14-7(2-3-12-14)13-8-6(9)4-10-5-11-8/h2-5H,9H2,1H3,(H,10,11,13). The van der Waals surface area contributed by atoms with Crippen molar-refractivity contribution in [1.82, 2.24) is 19.7 Å². The molecule has 0 saturated carbocycles. The van der Waals surface area contributed by atoms with Crippen LogP contribution in [0, 0.1) is 0 Å². The lowest BCUT2D eigenvalue weighted by atomic mass is 10.5. The van der Waals surface area contributed by atoms with Crippen LogP contribution in [0.15, 0.2) is 24.8 Å². The highest BCUT2D eigenvalue weighted by molar-refractivity contribution is 5.65. The lowest BCUT2D eigenvalue weighted by Gasteiger charge is -2.06. The average molecular weight is 190 g/mol. The zero-order chi connectivity index (χ0) is 9.97. The Morgan fingerprint density at radius 2 is 2.36 bits per heavy atom. The monoisotopic (exact) mass is 190 g/mol. The fourth-order valence-electron chi connectivity index (χ4n) is 1.06. The molecule has 2 aromatic heterocycles. The molecule has 3 N–H and O–H groups in total. The molecule has 0 atom stereocenters. The topological polar surface area (TPSA) is 81.7 Å². The van der Waals surface area contributed by atoms with Gasteiger partial charge in [-0.3, -0.25) is 4.68 Å². The van der Waals surface area contributed by atoms with Gasteiger partial charge in [0.25, 0.3) is 0 Å². The number of nitrogens with two attached hydrogens (primary N) is 1.